The minimum absolute atomic E-state index is 0.0199. The summed E-state index contributed by atoms with van der Waals surface area (Å²) in [6.45, 7) is 7.85. The molecule has 1 aromatic carbocycles. The summed E-state index contributed by atoms with van der Waals surface area (Å²) in [7, 11) is 0. The summed E-state index contributed by atoms with van der Waals surface area (Å²) in [5.41, 5.74) is 1.88. The van der Waals surface area contributed by atoms with E-state index in [1.165, 1.54) is 0 Å². The lowest BCUT2D eigenvalue weighted by atomic mass is 10.1. The third-order valence-corrected chi connectivity index (χ3v) is 2.96. The first-order chi connectivity index (χ1) is 9.67. The van der Waals surface area contributed by atoms with Gasteiger partial charge in [0.15, 0.2) is 0 Å². The lowest BCUT2D eigenvalue weighted by Gasteiger charge is -2.23. The molecule has 0 bridgehead atoms. The van der Waals surface area contributed by atoms with Gasteiger partial charge in [0.2, 0.25) is 0 Å². The minimum atomic E-state index is -0.579. The van der Waals surface area contributed by atoms with E-state index in [9.17, 15) is 4.79 Å². The fraction of sp³-hybridized carbons (Fsp3) is 0.375. The van der Waals surface area contributed by atoms with Crippen LogP contribution < -0.4 is 4.90 Å². The van der Waals surface area contributed by atoms with Crippen LogP contribution in [-0.2, 0) is 9.53 Å². The molecule has 0 atom stereocenters. The molecule has 0 saturated carbocycles. The number of carbonyl (C=O) groups excluding carboxylic acids is 1. The maximum absolute atomic E-state index is 11.7. The zero-order chi connectivity index (χ0) is 15.0. The third kappa shape index (κ3) is 3.86. The summed E-state index contributed by atoms with van der Waals surface area (Å²) < 4.78 is 4.88. The van der Waals surface area contributed by atoms with Gasteiger partial charge in [-0.05, 0) is 38.5 Å². The van der Waals surface area contributed by atoms with Crippen LogP contribution in [0.5, 0.6) is 0 Å². The number of esters is 1. The van der Waals surface area contributed by atoms with E-state index < -0.39 is 5.97 Å². The van der Waals surface area contributed by atoms with Crippen LogP contribution >= 0.6 is 0 Å². The molecule has 20 heavy (non-hydrogen) atoms. The van der Waals surface area contributed by atoms with Gasteiger partial charge >= 0.3 is 5.97 Å². The molecule has 1 aromatic rings. The molecule has 0 saturated heterocycles. The Morgan fingerprint density at radius 1 is 1.30 bits per heavy atom. The standard InChI is InChI=1S/C16H20N2O2/c1-4-18(5-2)15-10-8-7-9-13(15)11-14(12-17)16(19)20-6-3/h7-11H,4-6H2,1-3H3. The van der Waals surface area contributed by atoms with Crippen LogP contribution in [-0.4, -0.2) is 25.7 Å². The SMILES string of the molecule is CCOC(=O)C(C#N)=Cc1ccccc1N(CC)CC. The summed E-state index contributed by atoms with van der Waals surface area (Å²) >= 11 is 0. The van der Waals surface area contributed by atoms with Gasteiger partial charge in [-0.1, -0.05) is 18.2 Å². The summed E-state index contributed by atoms with van der Waals surface area (Å²) in [5, 5.41) is 9.10. The predicted molar refractivity (Wildman–Crippen MR) is 80.2 cm³/mol. The van der Waals surface area contributed by atoms with Crippen LogP contribution in [0, 0.1) is 11.3 Å². The van der Waals surface area contributed by atoms with Crippen molar-refractivity contribution in [3.05, 3.63) is 35.4 Å². The minimum Gasteiger partial charge on any atom is -0.462 e. The van der Waals surface area contributed by atoms with E-state index >= 15 is 0 Å². The van der Waals surface area contributed by atoms with Crippen LogP contribution in [0.15, 0.2) is 29.8 Å². The maximum atomic E-state index is 11.7. The van der Waals surface area contributed by atoms with E-state index in [1.54, 1.807) is 13.0 Å². The van der Waals surface area contributed by atoms with Crippen LogP contribution in [0.25, 0.3) is 6.08 Å². The molecular formula is C16H20N2O2. The number of rotatable bonds is 6. The number of ether oxygens (including phenoxy) is 1. The van der Waals surface area contributed by atoms with E-state index in [0.717, 1.165) is 24.3 Å². The molecule has 106 valence electrons. The highest BCUT2D eigenvalue weighted by molar-refractivity contribution is 5.98. The second-order valence-electron chi connectivity index (χ2n) is 4.12. The topological polar surface area (TPSA) is 53.3 Å². The molecule has 0 radical (unpaired) electrons. The molecule has 0 fully saturated rings. The molecule has 0 heterocycles. The second-order valence-corrected chi connectivity index (χ2v) is 4.12. The van der Waals surface area contributed by atoms with Crippen molar-refractivity contribution in [3.63, 3.8) is 0 Å². The summed E-state index contributed by atoms with van der Waals surface area (Å²) in [4.78, 5) is 13.8. The Kier molecular flexibility index (Phi) is 6.31. The highest BCUT2D eigenvalue weighted by Gasteiger charge is 2.12. The van der Waals surface area contributed by atoms with Crippen LogP contribution in [0.3, 0.4) is 0 Å². The van der Waals surface area contributed by atoms with Gasteiger partial charge in [-0.25, -0.2) is 4.79 Å². The number of hydrogen-bond donors (Lipinski definition) is 0. The van der Waals surface area contributed by atoms with Crippen molar-refractivity contribution in [1.82, 2.24) is 0 Å². The van der Waals surface area contributed by atoms with Crippen molar-refractivity contribution in [2.45, 2.75) is 20.8 Å². The smallest absolute Gasteiger partial charge is 0.348 e. The number of benzene rings is 1. The van der Waals surface area contributed by atoms with Crippen molar-refractivity contribution in [1.29, 1.82) is 5.26 Å². The average molecular weight is 272 g/mol. The zero-order valence-electron chi connectivity index (χ0n) is 12.2. The largest absolute Gasteiger partial charge is 0.462 e. The third-order valence-electron chi connectivity index (χ3n) is 2.96. The van der Waals surface area contributed by atoms with Gasteiger partial charge < -0.3 is 9.64 Å². The van der Waals surface area contributed by atoms with Crippen molar-refractivity contribution >= 4 is 17.7 Å². The van der Waals surface area contributed by atoms with Crippen LogP contribution in [0.4, 0.5) is 5.69 Å². The molecular weight excluding hydrogens is 252 g/mol. The van der Waals surface area contributed by atoms with E-state index in [1.807, 2.05) is 30.3 Å². The maximum Gasteiger partial charge on any atom is 0.348 e. The number of carbonyl (C=O) groups is 1. The number of anilines is 1. The first-order valence-corrected chi connectivity index (χ1v) is 6.80. The molecule has 4 nitrogen and oxygen atoms in total. The van der Waals surface area contributed by atoms with E-state index in [-0.39, 0.29) is 12.2 Å². The van der Waals surface area contributed by atoms with Gasteiger partial charge in [-0.2, -0.15) is 5.26 Å². The number of hydrogen-bond acceptors (Lipinski definition) is 4. The van der Waals surface area contributed by atoms with Gasteiger partial charge in [0.05, 0.1) is 6.61 Å². The van der Waals surface area contributed by atoms with Crippen molar-refractivity contribution < 1.29 is 9.53 Å². The molecule has 0 aromatic heterocycles. The Morgan fingerprint density at radius 3 is 2.50 bits per heavy atom. The fourth-order valence-electron chi connectivity index (χ4n) is 1.96. The predicted octanol–water partition coefficient (Wildman–Crippen LogP) is 3.00. The highest BCUT2D eigenvalue weighted by atomic mass is 16.5. The molecule has 4 heteroatoms. The Balaban J connectivity index is 3.19. The molecule has 0 amide bonds. The highest BCUT2D eigenvalue weighted by Crippen LogP contribution is 2.23. The molecule has 0 aliphatic rings. The van der Waals surface area contributed by atoms with E-state index in [2.05, 4.69) is 18.7 Å². The van der Waals surface area contributed by atoms with Crippen molar-refractivity contribution in [3.8, 4) is 6.07 Å². The summed E-state index contributed by atoms with van der Waals surface area (Å²) in [6, 6.07) is 9.62. The molecule has 0 aliphatic carbocycles. The van der Waals surface area contributed by atoms with E-state index in [4.69, 9.17) is 10.00 Å². The van der Waals surface area contributed by atoms with E-state index in [0.29, 0.717) is 0 Å². The quantitative estimate of drug-likeness (QED) is 0.454. The molecule has 0 N–H and O–H groups in total. The Hall–Kier alpha value is -2.28. The first kappa shape index (κ1) is 15.8. The van der Waals surface area contributed by atoms with Gasteiger partial charge in [0.25, 0.3) is 0 Å². The van der Waals surface area contributed by atoms with Crippen LogP contribution in [0.1, 0.15) is 26.3 Å². The summed E-state index contributed by atoms with van der Waals surface area (Å²) in [6.07, 6.45) is 1.59. The fourth-order valence-corrected chi connectivity index (χ4v) is 1.96. The second kappa shape index (κ2) is 8.00. The number of nitriles is 1. The number of para-hydroxylation sites is 1. The number of nitrogens with zero attached hydrogens (tertiary/aromatic N) is 2. The van der Waals surface area contributed by atoms with Crippen molar-refractivity contribution in [2.75, 3.05) is 24.6 Å². The lowest BCUT2D eigenvalue weighted by Crippen LogP contribution is -2.22. The van der Waals surface area contributed by atoms with Gasteiger partial charge in [0.1, 0.15) is 11.6 Å². The average Bonchev–Trinajstić information content (AvgIpc) is 2.47. The molecule has 0 spiro atoms. The molecule has 0 aliphatic heterocycles. The van der Waals surface area contributed by atoms with Gasteiger partial charge in [0, 0.05) is 18.8 Å². The Morgan fingerprint density at radius 2 is 1.95 bits per heavy atom. The molecule has 0 unspecified atom stereocenters. The monoisotopic (exact) mass is 272 g/mol. The lowest BCUT2D eigenvalue weighted by molar-refractivity contribution is -0.137. The Labute approximate surface area is 120 Å². The van der Waals surface area contributed by atoms with Crippen molar-refractivity contribution in [2.24, 2.45) is 0 Å². The normalized spacial score (nSPS) is 10.8. The van der Waals surface area contributed by atoms with Gasteiger partial charge in [-0.15, -0.1) is 0 Å². The Bertz CT molecular complexity index is 526. The first-order valence-electron chi connectivity index (χ1n) is 6.80. The summed E-state index contributed by atoms with van der Waals surface area (Å²) in [5.74, 6) is -0.579. The molecule has 1 rings (SSSR count). The van der Waals surface area contributed by atoms with Crippen LogP contribution in [0.2, 0.25) is 0 Å². The van der Waals surface area contributed by atoms with Gasteiger partial charge in [-0.3, -0.25) is 0 Å². The zero-order valence-corrected chi connectivity index (χ0v) is 12.2.